The molecule has 25 heavy (non-hydrogen) atoms. The lowest BCUT2D eigenvalue weighted by Crippen LogP contribution is -2.36. The second kappa shape index (κ2) is 7.53. The van der Waals surface area contributed by atoms with E-state index >= 15 is 0 Å². The lowest BCUT2D eigenvalue weighted by Gasteiger charge is -2.27. The molecule has 136 valence electrons. The fourth-order valence-corrected chi connectivity index (χ4v) is 4.18. The number of alkyl halides is 1. The molecule has 0 bridgehead atoms. The Bertz CT molecular complexity index is 747. The fraction of sp³-hybridized carbons (Fsp3) is 0.471. The molecule has 2 aliphatic rings. The number of rotatable bonds is 6. The van der Waals surface area contributed by atoms with E-state index in [0.29, 0.717) is 32.0 Å². The normalized spacial score (nSPS) is 18.7. The molecule has 1 aliphatic heterocycles. The minimum atomic E-state index is -3.60. The average molecular weight is 368 g/mol. The Balaban J connectivity index is 1.60. The van der Waals surface area contributed by atoms with Gasteiger partial charge < -0.3 is 10.1 Å². The first-order chi connectivity index (χ1) is 12.0. The molecule has 1 aromatic carbocycles. The molecule has 1 heterocycles. The highest BCUT2D eigenvalue weighted by Crippen LogP contribution is 2.25. The Morgan fingerprint density at radius 1 is 1.24 bits per heavy atom. The minimum Gasteiger partial charge on any atom is -0.463 e. The van der Waals surface area contributed by atoms with Crippen LogP contribution in [0.2, 0.25) is 0 Å². The molecule has 1 saturated carbocycles. The number of piperidine rings is 1. The van der Waals surface area contributed by atoms with Crippen LogP contribution in [0, 0.1) is 0 Å². The number of carbonyl (C=O) groups excluding carboxylic acids is 1. The summed E-state index contributed by atoms with van der Waals surface area (Å²) in [5.41, 5.74) is 0.969. The Hall–Kier alpha value is -1.93. The highest BCUT2D eigenvalue weighted by Gasteiger charge is 2.28. The van der Waals surface area contributed by atoms with Gasteiger partial charge in [-0.25, -0.2) is 12.8 Å². The first-order valence-corrected chi connectivity index (χ1v) is 9.72. The summed E-state index contributed by atoms with van der Waals surface area (Å²) in [6, 6.07) is 6.01. The van der Waals surface area contributed by atoms with Crippen molar-refractivity contribution in [2.45, 2.75) is 36.6 Å². The predicted molar refractivity (Wildman–Crippen MR) is 90.3 cm³/mol. The molecule has 1 N–H and O–H groups in total. The largest absolute Gasteiger partial charge is 0.463 e. The zero-order valence-corrected chi connectivity index (χ0v) is 14.6. The lowest BCUT2D eigenvalue weighted by atomic mass is 10.1. The zero-order valence-electron chi connectivity index (χ0n) is 13.8. The average Bonchev–Trinajstić information content (AvgIpc) is 3.40. The van der Waals surface area contributed by atoms with Gasteiger partial charge in [-0.3, -0.25) is 4.79 Å². The van der Waals surface area contributed by atoms with Crippen molar-refractivity contribution in [3.63, 3.8) is 0 Å². The van der Waals surface area contributed by atoms with Crippen molar-refractivity contribution in [1.29, 1.82) is 0 Å². The molecule has 0 atom stereocenters. The van der Waals surface area contributed by atoms with Gasteiger partial charge in [0, 0.05) is 25.2 Å². The Kier molecular flexibility index (Phi) is 5.39. The van der Waals surface area contributed by atoms with Gasteiger partial charge in [0.2, 0.25) is 22.8 Å². The molecular weight excluding hydrogens is 347 g/mol. The Morgan fingerprint density at radius 3 is 2.44 bits per heavy atom. The summed E-state index contributed by atoms with van der Waals surface area (Å²) in [4.78, 5) is 11.9. The second-order valence-electron chi connectivity index (χ2n) is 6.21. The first-order valence-electron chi connectivity index (χ1n) is 8.28. The standard InChI is InChI=1S/C17H21FN2O4S/c18-12-24-15-3-5-16(6-4-15)25(22,23)20-9-7-13(8-10-20)11-17(21)19-14-1-2-14/h3-6,11,14H,1-2,7-10,12H2,(H,19,21). The molecular formula is C17H21FN2O4S. The number of carbonyl (C=O) groups is 1. The molecule has 1 saturated heterocycles. The third-order valence-electron chi connectivity index (χ3n) is 4.31. The van der Waals surface area contributed by atoms with Crippen LogP contribution in [0.1, 0.15) is 25.7 Å². The molecule has 1 aliphatic carbocycles. The molecule has 0 aromatic heterocycles. The van der Waals surface area contributed by atoms with Gasteiger partial charge in [-0.05, 0) is 49.9 Å². The summed E-state index contributed by atoms with van der Waals surface area (Å²) < 4.78 is 43.5. The lowest BCUT2D eigenvalue weighted by molar-refractivity contribution is -0.116. The molecule has 2 fully saturated rings. The van der Waals surface area contributed by atoms with Crippen LogP contribution in [0.3, 0.4) is 0 Å². The van der Waals surface area contributed by atoms with E-state index in [4.69, 9.17) is 0 Å². The maximum absolute atomic E-state index is 12.7. The Morgan fingerprint density at radius 2 is 1.88 bits per heavy atom. The molecule has 3 rings (SSSR count). The van der Waals surface area contributed by atoms with Crippen LogP contribution in [0.5, 0.6) is 5.75 Å². The highest BCUT2D eigenvalue weighted by atomic mass is 32.2. The van der Waals surface area contributed by atoms with E-state index in [0.717, 1.165) is 18.4 Å². The SMILES string of the molecule is O=C(C=C1CCN(S(=O)(=O)c2ccc(OCF)cc2)CC1)NC1CC1. The van der Waals surface area contributed by atoms with E-state index in [1.54, 1.807) is 6.08 Å². The predicted octanol–water partition coefficient (Wildman–Crippen LogP) is 1.98. The molecule has 6 nitrogen and oxygen atoms in total. The number of halogens is 1. The van der Waals surface area contributed by atoms with Crippen molar-refractivity contribution >= 4 is 15.9 Å². The van der Waals surface area contributed by atoms with Crippen molar-refractivity contribution in [1.82, 2.24) is 9.62 Å². The number of ether oxygens (including phenoxy) is 1. The second-order valence-corrected chi connectivity index (χ2v) is 8.15. The van der Waals surface area contributed by atoms with Crippen molar-refractivity contribution in [3.8, 4) is 5.75 Å². The van der Waals surface area contributed by atoms with Crippen LogP contribution in [0.4, 0.5) is 4.39 Å². The van der Waals surface area contributed by atoms with Crippen molar-refractivity contribution < 1.29 is 22.3 Å². The molecule has 1 amide bonds. The number of sulfonamides is 1. The third kappa shape index (κ3) is 4.58. The van der Waals surface area contributed by atoms with Crippen LogP contribution in [0.25, 0.3) is 0 Å². The molecule has 0 spiro atoms. The van der Waals surface area contributed by atoms with Crippen LogP contribution >= 0.6 is 0 Å². The Labute approximate surface area is 146 Å². The number of nitrogens with zero attached hydrogens (tertiary/aromatic N) is 1. The van der Waals surface area contributed by atoms with E-state index in [1.165, 1.54) is 28.6 Å². The van der Waals surface area contributed by atoms with Gasteiger partial charge in [0.1, 0.15) is 5.75 Å². The molecule has 0 radical (unpaired) electrons. The van der Waals surface area contributed by atoms with E-state index < -0.39 is 16.9 Å². The van der Waals surface area contributed by atoms with Gasteiger partial charge in [-0.2, -0.15) is 4.31 Å². The van der Waals surface area contributed by atoms with Gasteiger partial charge >= 0.3 is 0 Å². The zero-order chi connectivity index (χ0) is 17.9. The molecule has 0 unspecified atom stereocenters. The van der Waals surface area contributed by atoms with Crippen LogP contribution in [-0.4, -0.2) is 44.6 Å². The monoisotopic (exact) mass is 368 g/mol. The quantitative estimate of drug-likeness (QED) is 0.779. The van der Waals surface area contributed by atoms with Crippen LogP contribution in [0.15, 0.2) is 40.8 Å². The topological polar surface area (TPSA) is 75.7 Å². The number of amides is 1. The summed E-state index contributed by atoms with van der Waals surface area (Å²) in [6.45, 7) is -0.275. The van der Waals surface area contributed by atoms with Crippen molar-refractivity contribution in [3.05, 3.63) is 35.9 Å². The summed E-state index contributed by atoms with van der Waals surface area (Å²) in [7, 11) is -3.60. The summed E-state index contributed by atoms with van der Waals surface area (Å²) in [5.74, 6) is 0.198. The first kappa shape index (κ1) is 17.9. The van der Waals surface area contributed by atoms with Gasteiger partial charge in [0.15, 0.2) is 0 Å². The van der Waals surface area contributed by atoms with Crippen LogP contribution in [-0.2, 0) is 14.8 Å². The van der Waals surface area contributed by atoms with Gasteiger partial charge in [-0.15, -0.1) is 0 Å². The van der Waals surface area contributed by atoms with Gasteiger partial charge in [0.25, 0.3) is 0 Å². The maximum atomic E-state index is 12.7. The van der Waals surface area contributed by atoms with Crippen molar-refractivity contribution in [2.24, 2.45) is 0 Å². The number of nitrogens with one attached hydrogen (secondary N) is 1. The van der Waals surface area contributed by atoms with E-state index in [9.17, 15) is 17.6 Å². The summed E-state index contributed by atoms with van der Waals surface area (Å²) in [5, 5.41) is 2.90. The minimum absolute atomic E-state index is 0.0859. The van der Waals surface area contributed by atoms with Gasteiger partial charge in [0.05, 0.1) is 4.90 Å². The highest BCUT2D eigenvalue weighted by molar-refractivity contribution is 7.89. The number of hydrogen-bond donors (Lipinski definition) is 1. The molecule has 1 aromatic rings. The van der Waals surface area contributed by atoms with E-state index in [1.807, 2.05) is 0 Å². The fourth-order valence-electron chi connectivity index (χ4n) is 2.73. The third-order valence-corrected chi connectivity index (χ3v) is 6.22. The van der Waals surface area contributed by atoms with Crippen LogP contribution < -0.4 is 10.1 Å². The molecule has 8 heteroatoms. The van der Waals surface area contributed by atoms with E-state index in [2.05, 4.69) is 10.1 Å². The summed E-state index contributed by atoms with van der Waals surface area (Å²) >= 11 is 0. The summed E-state index contributed by atoms with van der Waals surface area (Å²) in [6.07, 6.45) is 4.76. The number of hydrogen-bond acceptors (Lipinski definition) is 4. The maximum Gasteiger partial charge on any atom is 0.244 e. The van der Waals surface area contributed by atoms with Gasteiger partial charge in [-0.1, -0.05) is 5.57 Å². The smallest absolute Gasteiger partial charge is 0.244 e. The number of benzene rings is 1. The van der Waals surface area contributed by atoms with E-state index in [-0.39, 0.29) is 16.6 Å². The van der Waals surface area contributed by atoms with Crippen molar-refractivity contribution in [2.75, 3.05) is 20.0 Å².